The van der Waals surface area contributed by atoms with Gasteiger partial charge in [-0.25, -0.2) is 0 Å². The summed E-state index contributed by atoms with van der Waals surface area (Å²) < 4.78 is 21.5. The lowest BCUT2D eigenvalue weighted by Crippen LogP contribution is -1.82. The van der Waals surface area contributed by atoms with E-state index in [0.717, 1.165) is 11.3 Å². The van der Waals surface area contributed by atoms with Crippen LogP contribution in [0.1, 0.15) is 5.89 Å². The van der Waals surface area contributed by atoms with Crippen LogP contribution >= 0.6 is 11.8 Å². The Morgan fingerprint density at radius 1 is 0.960 bits per heavy atom. The van der Waals surface area contributed by atoms with Gasteiger partial charge in [-0.05, 0) is 36.4 Å². The molecule has 0 spiro atoms. The van der Waals surface area contributed by atoms with Crippen molar-refractivity contribution >= 4 is 11.8 Å². The molecule has 0 atom stereocenters. The van der Waals surface area contributed by atoms with Crippen LogP contribution in [0.15, 0.2) is 61.1 Å². The van der Waals surface area contributed by atoms with Gasteiger partial charge >= 0.3 is 0 Å². The van der Waals surface area contributed by atoms with Crippen LogP contribution in [-0.4, -0.2) is 27.5 Å². The summed E-state index contributed by atoms with van der Waals surface area (Å²) in [6, 6.07) is 10.9. The average molecular weight is 356 g/mol. The van der Waals surface area contributed by atoms with E-state index >= 15 is 0 Å². The molecule has 0 bridgehead atoms. The van der Waals surface area contributed by atoms with Gasteiger partial charge in [0, 0.05) is 5.56 Å². The zero-order chi connectivity index (χ0) is 17.1. The highest BCUT2D eigenvalue weighted by molar-refractivity contribution is 7.98. The normalized spacial score (nSPS) is 10.9. The van der Waals surface area contributed by atoms with Crippen molar-refractivity contribution in [2.24, 2.45) is 0 Å². The smallest absolute Gasteiger partial charge is 0.284 e. The third kappa shape index (κ3) is 3.41. The second kappa shape index (κ2) is 6.81. The molecule has 0 aliphatic rings. The minimum atomic E-state index is 0.331. The van der Waals surface area contributed by atoms with Crippen LogP contribution in [0.2, 0.25) is 0 Å². The van der Waals surface area contributed by atoms with E-state index in [-0.39, 0.29) is 0 Å². The number of benzene rings is 1. The van der Waals surface area contributed by atoms with E-state index in [1.165, 1.54) is 11.8 Å². The molecule has 0 saturated heterocycles. The number of nitrogens with zero attached hydrogens (tertiary/aromatic N) is 4. The van der Waals surface area contributed by atoms with Crippen LogP contribution in [-0.2, 0) is 5.75 Å². The summed E-state index contributed by atoms with van der Waals surface area (Å²) in [7, 11) is 1.62. The summed E-state index contributed by atoms with van der Waals surface area (Å²) in [5.74, 6) is 2.95. The quantitative estimate of drug-likeness (QED) is 0.479. The van der Waals surface area contributed by atoms with Gasteiger partial charge in [0.1, 0.15) is 5.75 Å². The van der Waals surface area contributed by atoms with Gasteiger partial charge < -0.3 is 18.0 Å². The van der Waals surface area contributed by atoms with Crippen molar-refractivity contribution in [2.75, 3.05) is 7.11 Å². The lowest BCUT2D eigenvalue weighted by Gasteiger charge is -1.99. The van der Waals surface area contributed by atoms with Crippen LogP contribution in [0.3, 0.4) is 0 Å². The topological polar surface area (TPSA) is 100 Å². The lowest BCUT2D eigenvalue weighted by atomic mass is 10.2. The molecule has 1 aromatic carbocycles. The Bertz CT molecular complexity index is 947. The Morgan fingerprint density at radius 2 is 1.80 bits per heavy atom. The Balaban J connectivity index is 1.41. The molecule has 25 heavy (non-hydrogen) atoms. The maximum absolute atomic E-state index is 5.65. The molecule has 0 N–H and O–H groups in total. The van der Waals surface area contributed by atoms with Gasteiger partial charge in [0.05, 0.1) is 19.1 Å². The van der Waals surface area contributed by atoms with Gasteiger partial charge in [-0.3, -0.25) is 0 Å². The fourth-order valence-corrected chi connectivity index (χ4v) is 2.65. The molecular formula is C16H12N4O4S. The maximum Gasteiger partial charge on any atom is 0.284 e. The van der Waals surface area contributed by atoms with Crippen LogP contribution in [0.25, 0.3) is 23.1 Å². The standard InChI is InChI=1S/C16H12N4O4S/c1-21-11-6-4-10(5-7-11)14-18-17-13(23-14)9-25-16-20-19-15(24-16)12-3-2-8-22-12/h2-8H,9H2,1H3. The van der Waals surface area contributed by atoms with E-state index in [2.05, 4.69) is 20.4 Å². The van der Waals surface area contributed by atoms with Crippen molar-refractivity contribution in [3.05, 3.63) is 48.6 Å². The lowest BCUT2D eigenvalue weighted by molar-refractivity contribution is 0.415. The third-order valence-electron chi connectivity index (χ3n) is 3.26. The molecule has 9 heteroatoms. The van der Waals surface area contributed by atoms with E-state index in [1.54, 1.807) is 25.5 Å². The summed E-state index contributed by atoms with van der Waals surface area (Å²) in [4.78, 5) is 0. The summed E-state index contributed by atoms with van der Waals surface area (Å²) in [6.07, 6.45) is 1.55. The van der Waals surface area contributed by atoms with Crippen molar-refractivity contribution in [1.29, 1.82) is 0 Å². The first-order chi connectivity index (χ1) is 12.3. The molecule has 0 saturated carbocycles. The minimum absolute atomic E-state index is 0.331. The van der Waals surface area contributed by atoms with E-state index in [4.69, 9.17) is 18.0 Å². The number of rotatable bonds is 6. The first kappa shape index (κ1) is 15.5. The summed E-state index contributed by atoms with van der Waals surface area (Å²) in [5.41, 5.74) is 0.822. The number of methoxy groups -OCH3 is 1. The zero-order valence-corrected chi connectivity index (χ0v) is 13.9. The largest absolute Gasteiger partial charge is 0.497 e. The van der Waals surface area contributed by atoms with Crippen LogP contribution in [0, 0.1) is 0 Å². The number of ether oxygens (including phenoxy) is 1. The molecular weight excluding hydrogens is 344 g/mol. The zero-order valence-electron chi connectivity index (χ0n) is 13.1. The van der Waals surface area contributed by atoms with Crippen LogP contribution < -0.4 is 4.74 Å². The van der Waals surface area contributed by atoms with Gasteiger partial charge in [-0.15, -0.1) is 20.4 Å². The minimum Gasteiger partial charge on any atom is -0.497 e. The molecule has 0 radical (unpaired) electrons. The SMILES string of the molecule is COc1ccc(-c2nnc(CSc3nnc(-c4ccco4)o3)o2)cc1. The Labute approximate surface area is 146 Å². The Morgan fingerprint density at radius 3 is 2.56 bits per heavy atom. The molecule has 8 nitrogen and oxygen atoms in total. The first-order valence-electron chi connectivity index (χ1n) is 7.29. The van der Waals surface area contributed by atoms with Gasteiger partial charge in [-0.1, -0.05) is 11.8 Å². The van der Waals surface area contributed by atoms with E-state index in [0.29, 0.717) is 34.4 Å². The predicted octanol–water partition coefficient (Wildman–Crippen LogP) is 3.68. The van der Waals surface area contributed by atoms with E-state index < -0.39 is 0 Å². The molecule has 3 heterocycles. The fraction of sp³-hybridized carbons (Fsp3) is 0.125. The number of furan rings is 1. The van der Waals surface area contributed by atoms with Gasteiger partial charge in [-0.2, -0.15) is 0 Å². The van der Waals surface area contributed by atoms with Crippen LogP contribution in [0.4, 0.5) is 0 Å². The molecule has 126 valence electrons. The molecule has 0 aliphatic carbocycles. The van der Waals surface area contributed by atoms with Crippen molar-refractivity contribution in [3.63, 3.8) is 0 Å². The van der Waals surface area contributed by atoms with Crippen molar-refractivity contribution in [1.82, 2.24) is 20.4 Å². The highest BCUT2D eigenvalue weighted by atomic mass is 32.2. The highest BCUT2D eigenvalue weighted by Gasteiger charge is 2.14. The first-order valence-corrected chi connectivity index (χ1v) is 8.27. The van der Waals surface area contributed by atoms with E-state index in [1.807, 2.05) is 24.3 Å². The maximum atomic E-state index is 5.65. The van der Waals surface area contributed by atoms with Crippen molar-refractivity contribution in [3.8, 4) is 28.9 Å². The Kier molecular flexibility index (Phi) is 4.21. The Hall–Kier alpha value is -3.07. The molecule has 4 aromatic rings. The molecule has 0 unspecified atom stereocenters. The third-order valence-corrected chi connectivity index (χ3v) is 4.06. The second-order valence-electron chi connectivity index (χ2n) is 4.87. The molecule has 0 fully saturated rings. The van der Waals surface area contributed by atoms with Gasteiger partial charge in [0.25, 0.3) is 11.1 Å². The molecule has 0 aliphatic heterocycles. The van der Waals surface area contributed by atoms with Gasteiger partial charge in [0.15, 0.2) is 5.76 Å². The average Bonchev–Trinajstić information content (AvgIpc) is 3.41. The predicted molar refractivity (Wildman–Crippen MR) is 87.8 cm³/mol. The highest BCUT2D eigenvalue weighted by Crippen LogP contribution is 2.27. The van der Waals surface area contributed by atoms with Gasteiger partial charge in [0.2, 0.25) is 11.8 Å². The molecule has 3 aromatic heterocycles. The second-order valence-corrected chi connectivity index (χ2v) is 5.80. The molecule has 4 rings (SSSR count). The molecule has 0 amide bonds. The summed E-state index contributed by atoms with van der Waals surface area (Å²) >= 11 is 1.31. The van der Waals surface area contributed by atoms with E-state index in [9.17, 15) is 0 Å². The number of thioether (sulfide) groups is 1. The van der Waals surface area contributed by atoms with Crippen LogP contribution in [0.5, 0.6) is 5.75 Å². The summed E-state index contributed by atoms with van der Waals surface area (Å²) in [6.45, 7) is 0. The number of aromatic nitrogens is 4. The number of hydrogen-bond donors (Lipinski definition) is 0. The van der Waals surface area contributed by atoms with Crippen molar-refractivity contribution < 1.29 is 18.0 Å². The monoisotopic (exact) mass is 356 g/mol. The number of hydrogen-bond acceptors (Lipinski definition) is 9. The summed E-state index contributed by atoms with van der Waals surface area (Å²) in [5, 5.41) is 16.4. The fourth-order valence-electron chi connectivity index (χ4n) is 2.05. The van der Waals surface area contributed by atoms with Crippen molar-refractivity contribution in [2.45, 2.75) is 11.0 Å².